The predicted molar refractivity (Wildman–Crippen MR) is 246 cm³/mol. The SMILES string of the molecule is CC(C)Oc1ccc(/C=C2\N=C(c3ccc(C(C)(C)C)cc3)N(CCCCCCN3C(=O)/C(=C\c4ccc(OC(C)C)cc4)N=C3c3ccc(C(C)(C)C)cc3)C2=O)cc1. The molecule has 2 amide bonds. The molecule has 2 aliphatic heterocycles. The smallest absolute Gasteiger partial charge is 0.278 e. The summed E-state index contributed by atoms with van der Waals surface area (Å²) in [6.45, 7) is 22.2. The number of hydrogen-bond donors (Lipinski definition) is 0. The molecule has 6 rings (SSSR count). The van der Waals surface area contributed by atoms with Crippen molar-refractivity contribution in [2.45, 2.75) is 118 Å². The van der Waals surface area contributed by atoms with Gasteiger partial charge in [-0.2, -0.15) is 0 Å². The molecule has 0 radical (unpaired) electrons. The van der Waals surface area contributed by atoms with Crippen LogP contribution in [0.4, 0.5) is 0 Å². The lowest BCUT2D eigenvalue weighted by Crippen LogP contribution is -2.34. The number of amidine groups is 2. The molecule has 2 aliphatic rings. The van der Waals surface area contributed by atoms with Gasteiger partial charge in [-0.1, -0.05) is 127 Å². The Balaban J connectivity index is 1.14. The van der Waals surface area contributed by atoms with Crippen molar-refractivity contribution in [3.05, 3.63) is 142 Å². The van der Waals surface area contributed by atoms with Gasteiger partial charge in [0.1, 0.15) is 34.6 Å². The fraction of sp³-hybridized carbons (Fsp3) is 0.385. The number of unbranched alkanes of at least 4 members (excludes halogenated alkanes) is 3. The number of carbonyl (C=O) groups excluding carboxylic acids is 2. The highest BCUT2D eigenvalue weighted by Gasteiger charge is 2.32. The Kier molecular flexibility index (Phi) is 13.6. The predicted octanol–water partition coefficient (Wildman–Crippen LogP) is 11.4. The third-order valence-electron chi connectivity index (χ3n) is 10.5. The highest BCUT2D eigenvalue weighted by molar-refractivity contribution is 6.20. The molecule has 0 fully saturated rings. The van der Waals surface area contributed by atoms with Crippen molar-refractivity contribution in [3.8, 4) is 11.5 Å². The second kappa shape index (κ2) is 18.7. The lowest BCUT2D eigenvalue weighted by molar-refractivity contribution is -0.123. The molecule has 60 heavy (non-hydrogen) atoms. The van der Waals surface area contributed by atoms with Crippen molar-refractivity contribution in [3.63, 3.8) is 0 Å². The summed E-state index contributed by atoms with van der Waals surface area (Å²) in [6.07, 6.45) is 7.23. The minimum Gasteiger partial charge on any atom is -0.491 e. The molecule has 0 saturated heterocycles. The molecule has 0 bridgehead atoms. The summed E-state index contributed by atoms with van der Waals surface area (Å²) in [6, 6.07) is 32.3. The zero-order chi connectivity index (χ0) is 43.2. The van der Waals surface area contributed by atoms with Gasteiger partial charge >= 0.3 is 0 Å². The van der Waals surface area contributed by atoms with Crippen LogP contribution in [0.15, 0.2) is 118 Å². The number of carbonyl (C=O) groups is 2. The number of aliphatic imine (C=N–C) groups is 2. The second-order valence-corrected chi connectivity index (χ2v) is 18.4. The number of hydrogen-bond acceptors (Lipinski definition) is 6. The Morgan fingerprint density at radius 3 is 1.13 bits per heavy atom. The van der Waals surface area contributed by atoms with Crippen LogP contribution >= 0.6 is 0 Å². The first-order valence-corrected chi connectivity index (χ1v) is 21.5. The average molecular weight is 807 g/mol. The van der Waals surface area contributed by atoms with Crippen molar-refractivity contribution in [2.75, 3.05) is 13.1 Å². The lowest BCUT2D eigenvalue weighted by atomic mass is 9.86. The Morgan fingerprint density at radius 1 is 0.500 bits per heavy atom. The fourth-order valence-electron chi connectivity index (χ4n) is 7.23. The number of amides is 2. The van der Waals surface area contributed by atoms with Crippen LogP contribution in [0.25, 0.3) is 12.2 Å². The summed E-state index contributed by atoms with van der Waals surface area (Å²) >= 11 is 0. The van der Waals surface area contributed by atoms with Crippen LogP contribution in [-0.2, 0) is 20.4 Å². The molecule has 314 valence electrons. The van der Waals surface area contributed by atoms with Gasteiger partial charge in [0, 0.05) is 24.2 Å². The zero-order valence-electron chi connectivity index (χ0n) is 37.2. The third kappa shape index (κ3) is 11.1. The van der Waals surface area contributed by atoms with E-state index in [9.17, 15) is 9.59 Å². The van der Waals surface area contributed by atoms with Gasteiger partial charge in [-0.05, 0) is 110 Å². The number of benzene rings is 4. The van der Waals surface area contributed by atoms with Gasteiger partial charge in [-0.15, -0.1) is 0 Å². The van der Waals surface area contributed by atoms with Gasteiger partial charge in [-0.3, -0.25) is 19.4 Å². The van der Waals surface area contributed by atoms with Crippen LogP contribution < -0.4 is 9.47 Å². The minimum absolute atomic E-state index is 0.0122. The Labute approximate surface area is 357 Å². The van der Waals surface area contributed by atoms with Gasteiger partial charge in [-0.25, -0.2) is 9.98 Å². The van der Waals surface area contributed by atoms with Crippen molar-refractivity contribution >= 4 is 35.6 Å². The first-order valence-electron chi connectivity index (χ1n) is 21.5. The lowest BCUT2D eigenvalue weighted by Gasteiger charge is -2.22. The van der Waals surface area contributed by atoms with Crippen molar-refractivity contribution in [2.24, 2.45) is 9.98 Å². The Bertz CT molecular complexity index is 2090. The highest BCUT2D eigenvalue weighted by Crippen LogP contribution is 2.29. The van der Waals surface area contributed by atoms with E-state index in [-0.39, 0.29) is 34.9 Å². The van der Waals surface area contributed by atoms with E-state index < -0.39 is 0 Å². The van der Waals surface area contributed by atoms with E-state index in [1.165, 1.54) is 11.1 Å². The maximum atomic E-state index is 14.0. The van der Waals surface area contributed by atoms with Crippen LogP contribution in [0.5, 0.6) is 11.5 Å². The van der Waals surface area contributed by atoms with Crippen LogP contribution in [0.1, 0.15) is 128 Å². The molecule has 4 aromatic carbocycles. The summed E-state index contributed by atoms with van der Waals surface area (Å²) in [5.41, 5.74) is 6.92. The van der Waals surface area contributed by atoms with Crippen molar-refractivity contribution in [1.82, 2.24) is 9.80 Å². The fourth-order valence-corrected chi connectivity index (χ4v) is 7.23. The average Bonchev–Trinajstić information content (AvgIpc) is 3.67. The summed E-state index contributed by atoms with van der Waals surface area (Å²) < 4.78 is 11.6. The molecule has 0 atom stereocenters. The van der Waals surface area contributed by atoms with Gasteiger partial charge in [0.2, 0.25) is 0 Å². The van der Waals surface area contributed by atoms with Crippen LogP contribution in [0.2, 0.25) is 0 Å². The van der Waals surface area contributed by atoms with Gasteiger partial charge < -0.3 is 9.47 Å². The normalized spacial score (nSPS) is 16.1. The van der Waals surface area contributed by atoms with E-state index in [4.69, 9.17) is 19.5 Å². The number of rotatable bonds is 15. The van der Waals surface area contributed by atoms with E-state index in [0.29, 0.717) is 36.2 Å². The van der Waals surface area contributed by atoms with Gasteiger partial charge in [0.15, 0.2) is 0 Å². The number of ether oxygens (including phenoxy) is 2. The molecule has 0 spiro atoms. The maximum absolute atomic E-state index is 14.0. The topological polar surface area (TPSA) is 83.8 Å². The molecule has 0 unspecified atom stereocenters. The second-order valence-electron chi connectivity index (χ2n) is 18.4. The Hall–Kier alpha value is -5.76. The largest absolute Gasteiger partial charge is 0.491 e. The third-order valence-corrected chi connectivity index (χ3v) is 10.5. The van der Waals surface area contributed by atoms with Crippen LogP contribution in [-0.4, -0.2) is 58.6 Å². The molecule has 4 aromatic rings. The first kappa shape index (κ1) is 43.8. The van der Waals surface area contributed by atoms with Crippen LogP contribution in [0, 0.1) is 0 Å². The van der Waals surface area contributed by atoms with Crippen molar-refractivity contribution < 1.29 is 19.1 Å². The van der Waals surface area contributed by atoms with E-state index in [1.807, 2.05) is 98.2 Å². The van der Waals surface area contributed by atoms with Crippen LogP contribution in [0.3, 0.4) is 0 Å². The van der Waals surface area contributed by atoms with Crippen molar-refractivity contribution in [1.29, 1.82) is 0 Å². The quantitative estimate of drug-likeness (QED) is 0.0885. The minimum atomic E-state index is -0.102. The molecule has 8 nitrogen and oxygen atoms in total. The molecule has 0 aromatic heterocycles. The molecule has 0 saturated carbocycles. The summed E-state index contributed by atoms with van der Waals surface area (Å²) in [5.74, 6) is 2.72. The van der Waals surface area contributed by atoms with E-state index in [2.05, 4.69) is 90.1 Å². The Morgan fingerprint density at radius 2 is 0.833 bits per heavy atom. The summed E-state index contributed by atoms with van der Waals surface area (Å²) in [7, 11) is 0. The molecule has 8 heteroatoms. The zero-order valence-corrected chi connectivity index (χ0v) is 37.2. The summed E-state index contributed by atoms with van der Waals surface area (Å²) in [4.78, 5) is 41.4. The van der Waals surface area contributed by atoms with E-state index >= 15 is 0 Å². The maximum Gasteiger partial charge on any atom is 0.278 e. The monoisotopic (exact) mass is 806 g/mol. The molecule has 0 aliphatic carbocycles. The molecular weight excluding hydrogens is 745 g/mol. The summed E-state index contributed by atoms with van der Waals surface area (Å²) in [5, 5.41) is 0. The van der Waals surface area contributed by atoms with Gasteiger partial charge in [0.25, 0.3) is 11.8 Å². The van der Waals surface area contributed by atoms with Gasteiger partial charge in [0.05, 0.1) is 12.2 Å². The molecule has 0 N–H and O–H groups in total. The van der Waals surface area contributed by atoms with E-state index in [0.717, 1.165) is 59.4 Å². The highest BCUT2D eigenvalue weighted by atomic mass is 16.5. The molecule has 2 heterocycles. The first-order chi connectivity index (χ1) is 28.5. The molecular formula is C52H62N4O4. The van der Waals surface area contributed by atoms with E-state index in [1.54, 1.807) is 0 Å². The number of nitrogens with zero attached hydrogens (tertiary/aromatic N) is 4. The standard InChI is InChI=1S/C52H62N4O4/c1-35(2)59-43-27-15-37(16-28-43)33-45-49(57)55(47(53-45)39-19-23-41(24-20-39)51(5,6)7)31-13-11-12-14-32-56-48(40-21-25-42(26-22-40)52(8,9)10)54-46(50(56)58)34-38-17-29-44(30-18-38)60-36(3)4/h15-30,33-36H,11-14,31-32H2,1-10H3/b45-33-,46-34+.